The summed E-state index contributed by atoms with van der Waals surface area (Å²) in [7, 11) is 0. The second-order valence-electron chi connectivity index (χ2n) is 5.95. The van der Waals surface area contributed by atoms with Crippen molar-refractivity contribution in [2.24, 2.45) is 17.8 Å². The number of carbonyl (C=O) groups is 1. The summed E-state index contributed by atoms with van der Waals surface area (Å²) in [4.78, 5) is 11.3. The van der Waals surface area contributed by atoms with Crippen molar-refractivity contribution in [3.8, 4) is 0 Å². The molecule has 1 aliphatic heterocycles. The van der Waals surface area contributed by atoms with Crippen molar-refractivity contribution in [1.82, 2.24) is 0 Å². The van der Waals surface area contributed by atoms with Crippen molar-refractivity contribution < 1.29 is 19.7 Å². The number of carboxylic acids is 1. The largest absolute Gasteiger partial charge is 0.480 e. The number of hydrogen-bond donors (Lipinski definition) is 2. The lowest BCUT2D eigenvalue weighted by Gasteiger charge is -2.45. The van der Waals surface area contributed by atoms with Crippen molar-refractivity contribution in [3.63, 3.8) is 0 Å². The quantitative estimate of drug-likeness (QED) is 0.752. The van der Waals surface area contributed by atoms with Gasteiger partial charge in [0.25, 0.3) is 0 Å². The number of aliphatic hydroxyl groups is 1. The van der Waals surface area contributed by atoms with Crippen LogP contribution in [0.3, 0.4) is 0 Å². The van der Waals surface area contributed by atoms with E-state index < -0.39 is 11.6 Å². The fraction of sp³-hybridized carbons (Fsp3) is 0.786. The first kappa shape index (κ1) is 13.4. The summed E-state index contributed by atoms with van der Waals surface area (Å²) in [6.07, 6.45) is 0.809. The molecule has 0 saturated carbocycles. The van der Waals surface area contributed by atoms with Crippen LogP contribution in [-0.2, 0) is 9.53 Å². The number of aliphatic carboxylic acids is 1. The molecule has 0 bridgehead atoms. The molecule has 2 aliphatic rings. The fourth-order valence-electron chi connectivity index (χ4n) is 3.04. The topological polar surface area (TPSA) is 66.8 Å². The molecule has 0 aromatic rings. The Morgan fingerprint density at radius 2 is 1.94 bits per heavy atom. The van der Waals surface area contributed by atoms with E-state index in [0.29, 0.717) is 12.8 Å². The summed E-state index contributed by atoms with van der Waals surface area (Å²) < 4.78 is 5.81. The Balaban J connectivity index is 2.37. The third-order valence-electron chi connectivity index (χ3n) is 4.78. The third-order valence-corrected chi connectivity index (χ3v) is 4.78. The first-order valence-electron chi connectivity index (χ1n) is 6.61. The molecule has 102 valence electrons. The number of rotatable bonds is 1. The minimum atomic E-state index is -1.12. The number of carboxylic acid groups (broad SMARTS) is 1. The molecule has 2 rings (SSSR count). The van der Waals surface area contributed by atoms with Crippen LogP contribution in [0.15, 0.2) is 11.3 Å². The molecule has 3 unspecified atom stereocenters. The van der Waals surface area contributed by atoms with E-state index in [1.165, 1.54) is 0 Å². The smallest absolute Gasteiger partial charge is 0.347 e. The van der Waals surface area contributed by atoms with Crippen molar-refractivity contribution in [2.75, 3.05) is 0 Å². The molecule has 5 atom stereocenters. The summed E-state index contributed by atoms with van der Waals surface area (Å²) >= 11 is 0. The molecule has 0 aromatic carbocycles. The Bertz CT molecular complexity index is 401. The average Bonchev–Trinajstić information content (AvgIpc) is 2.33. The number of aliphatic hydroxyl groups excluding tert-OH is 1. The molecule has 0 radical (unpaired) electrons. The molecule has 0 saturated heterocycles. The predicted molar refractivity (Wildman–Crippen MR) is 66.9 cm³/mol. The third kappa shape index (κ3) is 1.83. The van der Waals surface area contributed by atoms with Crippen LogP contribution in [0, 0.1) is 17.8 Å². The van der Waals surface area contributed by atoms with Crippen LogP contribution in [0.2, 0.25) is 0 Å². The lowest BCUT2D eigenvalue weighted by atomic mass is 9.70. The molecule has 4 heteroatoms. The Morgan fingerprint density at radius 1 is 1.33 bits per heavy atom. The molecule has 1 heterocycles. The number of allylic oxidation sites excluding steroid dienone is 1. The Kier molecular flexibility index (Phi) is 3.18. The van der Waals surface area contributed by atoms with Gasteiger partial charge in [0, 0.05) is 18.3 Å². The Labute approximate surface area is 108 Å². The highest BCUT2D eigenvalue weighted by molar-refractivity contribution is 5.77. The lowest BCUT2D eigenvalue weighted by molar-refractivity contribution is -0.164. The van der Waals surface area contributed by atoms with Crippen LogP contribution in [-0.4, -0.2) is 27.9 Å². The van der Waals surface area contributed by atoms with Crippen LogP contribution in [0.5, 0.6) is 0 Å². The second-order valence-corrected chi connectivity index (χ2v) is 5.95. The highest BCUT2D eigenvalue weighted by Gasteiger charge is 2.47. The van der Waals surface area contributed by atoms with E-state index in [1.54, 1.807) is 6.92 Å². The van der Waals surface area contributed by atoms with Crippen LogP contribution in [0.1, 0.15) is 40.5 Å². The minimum Gasteiger partial charge on any atom is -0.480 e. The van der Waals surface area contributed by atoms with E-state index in [0.717, 1.165) is 11.3 Å². The molecule has 2 N–H and O–H groups in total. The lowest BCUT2D eigenvalue weighted by Crippen LogP contribution is -2.47. The molecule has 0 spiro atoms. The normalized spacial score (nSPS) is 44.3. The van der Waals surface area contributed by atoms with Gasteiger partial charge in [0.05, 0.1) is 6.10 Å². The van der Waals surface area contributed by atoms with E-state index in [9.17, 15) is 15.0 Å². The van der Waals surface area contributed by atoms with E-state index in [4.69, 9.17) is 4.74 Å². The van der Waals surface area contributed by atoms with Gasteiger partial charge < -0.3 is 14.9 Å². The van der Waals surface area contributed by atoms with E-state index in [-0.39, 0.29) is 23.9 Å². The van der Waals surface area contributed by atoms with Gasteiger partial charge in [-0.1, -0.05) is 20.8 Å². The highest BCUT2D eigenvalue weighted by Crippen LogP contribution is 2.46. The molecule has 1 aliphatic carbocycles. The Hall–Kier alpha value is -1.03. The number of ether oxygens (including phenoxy) is 1. The first-order valence-corrected chi connectivity index (χ1v) is 6.61. The summed E-state index contributed by atoms with van der Waals surface area (Å²) in [5.41, 5.74) is -0.0127. The van der Waals surface area contributed by atoms with Crippen LogP contribution >= 0.6 is 0 Å². The molecule has 0 aromatic heterocycles. The zero-order chi connectivity index (χ0) is 13.7. The molecule has 4 nitrogen and oxygen atoms in total. The standard InChI is InChI=1S/C14H22O4/c1-7-8(2)12-10(9(3)11(7)15)5-6-14(4,18-12)13(16)17/h7-9,11,15H,5-6H2,1-4H3,(H,16,17)/t7?,8-,9-,11?,14?/m1/s1. The molecular formula is C14H22O4. The van der Waals surface area contributed by atoms with Crippen molar-refractivity contribution in [2.45, 2.75) is 52.2 Å². The SMILES string of the molecule is CC1C(O)[C@H](C)C2=C(OC(C)(C(=O)O)CC2)[C@@H]1C. The minimum absolute atomic E-state index is 0.0598. The van der Waals surface area contributed by atoms with Gasteiger partial charge in [0.1, 0.15) is 5.76 Å². The van der Waals surface area contributed by atoms with Crippen molar-refractivity contribution in [3.05, 3.63) is 11.3 Å². The van der Waals surface area contributed by atoms with Gasteiger partial charge in [-0.3, -0.25) is 0 Å². The monoisotopic (exact) mass is 254 g/mol. The highest BCUT2D eigenvalue weighted by atomic mass is 16.5. The fourth-order valence-corrected chi connectivity index (χ4v) is 3.04. The summed E-state index contributed by atoms with van der Waals surface area (Å²) in [5.74, 6) is 0.119. The maximum Gasteiger partial charge on any atom is 0.347 e. The Morgan fingerprint density at radius 3 is 2.50 bits per heavy atom. The van der Waals surface area contributed by atoms with Gasteiger partial charge in [-0.05, 0) is 24.8 Å². The van der Waals surface area contributed by atoms with E-state index in [2.05, 4.69) is 0 Å². The van der Waals surface area contributed by atoms with E-state index in [1.807, 2.05) is 20.8 Å². The van der Waals surface area contributed by atoms with Gasteiger partial charge in [-0.25, -0.2) is 4.79 Å². The zero-order valence-corrected chi connectivity index (χ0v) is 11.4. The summed E-state index contributed by atoms with van der Waals surface area (Å²) in [5, 5.41) is 19.4. The first-order chi connectivity index (χ1) is 8.28. The van der Waals surface area contributed by atoms with Crippen LogP contribution in [0.25, 0.3) is 0 Å². The summed E-state index contributed by atoms with van der Waals surface area (Å²) in [6, 6.07) is 0. The second kappa shape index (κ2) is 4.26. The van der Waals surface area contributed by atoms with Crippen molar-refractivity contribution in [1.29, 1.82) is 0 Å². The molecule has 0 fully saturated rings. The molecule has 18 heavy (non-hydrogen) atoms. The number of hydrogen-bond acceptors (Lipinski definition) is 3. The van der Waals surface area contributed by atoms with Gasteiger partial charge in [0.15, 0.2) is 0 Å². The summed E-state index contributed by atoms with van der Waals surface area (Å²) in [6.45, 7) is 7.62. The van der Waals surface area contributed by atoms with Gasteiger partial charge in [-0.2, -0.15) is 0 Å². The average molecular weight is 254 g/mol. The van der Waals surface area contributed by atoms with Gasteiger partial charge in [0.2, 0.25) is 5.60 Å². The molecular weight excluding hydrogens is 232 g/mol. The molecule has 0 amide bonds. The van der Waals surface area contributed by atoms with Gasteiger partial charge in [-0.15, -0.1) is 0 Å². The van der Waals surface area contributed by atoms with Crippen LogP contribution < -0.4 is 0 Å². The van der Waals surface area contributed by atoms with Crippen molar-refractivity contribution >= 4 is 5.97 Å². The maximum absolute atomic E-state index is 11.3. The van der Waals surface area contributed by atoms with Gasteiger partial charge >= 0.3 is 5.97 Å². The zero-order valence-electron chi connectivity index (χ0n) is 11.4. The maximum atomic E-state index is 11.3. The van der Waals surface area contributed by atoms with Crippen LogP contribution in [0.4, 0.5) is 0 Å². The predicted octanol–water partition coefficient (Wildman–Crippen LogP) is 2.18. The van der Waals surface area contributed by atoms with E-state index >= 15 is 0 Å².